The van der Waals surface area contributed by atoms with Gasteiger partial charge in [0.15, 0.2) is 0 Å². The van der Waals surface area contributed by atoms with E-state index in [4.69, 9.17) is 16.3 Å². The summed E-state index contributed by atoms with van der Waals surface area (Å²) in [6, 6.07) is 11.7. The normalized spacial score (nSPS) is 16.9. The lowest BCUT2D eigenvalue weighted by Crippen LogP contribution is -2.44. The van der Waals surface area contributed by atoms with Gasteiger partial charge in [-0.25, -0.2) is 0 Å². The lowest BCUT2D eigenvalue weighted by atomic mass is 9.78. The molecule has 0 atom stereocenters. The zero-order valence-electron chi connectivity index (χ0n) is 12.9. The van der Waals surface area contributed by atoms with Gasteiger partial charge in [0, 0.05) is 35.1 Å². The van der Waals surface area contributed by atoms with Crippen molar-refractivity contribution in [1.29, 1.82) is 0 Å². The van der Waals surface area contributed by atoms with Crippen LogP contribution in [0.25, 0.3) is 0 Å². The molecule has 23 heavy (non-hydrogen) atoms. The summed E-state index contributed by atoms with van der Waals surface area (Å²) in [6.45, 7) is 2.18. The maximum absolute atomic E-state index is 12.3. The van der Waals surface area contributed by atoms with Gasteiger partial charge in [0.05, 0.1) is 6.42 Å². The topological polar surface area (TPSA) is 38.3 Å². The Kier molecular flexibility index (Phi) is 5.36. The van der Waals surface area contributed by atoms with Gasteiger partial charge in [-0.1, -0.05) is 29.8 Å². The molecule has 1 N–H and O–H groups in total. The van der Waals surface area contributed by atoms with Crippen LogP contribution < -0.4 is 5.32 Å². The molecule has 3 rings (SSSR count). The van der Waals surface area contributed by atoms with Gasteiger partial charge in [-0.05, 0) is 42.0 Å². The number of halogens is 1. The van der Waals surface area contributed by atoms with Gasteiger partial charge < -0.3 is 10.1 Å². The Balaban J connectivity index is 1.62. The third-order valence-corrected chi connectivity index (χ3v) is 5.76. The number of hydrogen-bond acceptors (Lipinski definition) is 3. The van der Waals surface area contributed by atoms with Crippen molar-refractivity contribution in [1.82, 2.24) is 5.32 Å². The van der Waals surface area contributed by atoms with Gasteiger partial charge in [0.2, 0.25) is 5.91 Å². The summed E-state index contributed by atoms with van der Waals surface area (Å²) >= 11 is 7.64. The highest BCUT2D eigenvalue weighted by Crippen LogP contribution is 2.36. The van der Waals surface area contributed by atoms with E-state index in [1.807, 2.05) is 24.3 Å². The molecule has 0 radical (unpaired) electrons. The fourth-order valence-corrected chi connectivity index (χ4v) is 4.08. The van der Waals surface area contributed by atoms with Crippen LogP contribution in [0, 0.1) is 0 Å². The van der Waals surface area contributed by atoms with Gasteiger partial charge in [0.25, 0.3) is 0 Å². The molecule has 0 bridgehead atoms. The first-order valence-corrected chi connectivity index (χ1v) is 9.07. The Morgan fingerprint density at radius 3 is 2.61 bits per heavy atom. The smallest absolute Gasteiger partial charge is 0.224 e. The summed E-state index contributed by atoms with van der Waals surface area (Å²) in [4.78, 5) is 13.6. The maximum Gasteiger partial charge on any atom is 0.224 e. The molecule has 3 nitrogen and oxygen atoms in total. The number of nitrogens with one attached hydrogen (secondary N) is 1. The minimum atomic E-state index is 0.0159. The van der Waals surface area contributed by atoms with Gasteiger partial charge >= 0.3 is 0 Å². The zero-order valence-corrected chi connectivity index (χ0v) is 14.5. The molecular formula is C18H20ClNO2S. The summed E-state index contributed by atoms with van der Waals surface area (Å²) < 4.78 is 5.52. The largest absolute Gasteiger partial charge is 0.381 e. The van der Waals surface area contributed by atoms with E-state index in [9.17, 15) is 4.79 Å². The number of thiophene rings is 1. The van der Waals surface area contributed by atoms with Crippen LogP contribution in [0.1, 0.15) is 23.3 Å². The summed E-state index contributed by atoms with van der Waals surface area (Å²) in [5, 5.41) is 5.91. The van der Waals surface area contributed by atoms with Crippen molar-refractivity contribution >= 4 is 28.8 Å². The minimum absolute atomic E-state index is 0.0159. The second-order valence-corrected chi connectivity index (χ2v) is 7.33. The monoisotopic (exact) mass is 349 g/mol. The molecular weight excluding hydrogens is 330 g/mol. The van der Waals surface area contributed by atoms with Crippen LogP contribution in [0.2, 0.25) is 5.02 Å². The maximum atomic E-state index is 12.3. The molecule has 1 saturated heterocycles. The highest BCUT2D eigenvalue weighted by atomic mass is 35.5. The third kappa shape index (κ3) is 4.14. The second kappa shape index (κ2) is 7.47. The fourth-order valence-electron chi connectivity index (χ4n) is 2.97. The van der Waals surface area contributed by atoms with Crippen molar-refractivity contribution < 1.29 is 9.53 Å². The molecule has 2 heterocycles. The molecule has 1 amide bonds. The van der Waals surface area contributed by atoms with Crippen molar-refractivity contribution in [3.8, 4) is 0 Å². The lowest BCUT2D eigenvalue weighted by molar-refractivity contribution is -0.120. The van der Waals surface area contributed by atoms with Crippen LogP contribution in [-0.4, -0.2) is 25.7 Å². The van der Waals surface area contributed by atoms with E-state index < -0.39 is 0 Å². The number of carbonyl (C=O) groups excluding carboxylic acids is 1. The Morgan fingerprint density at radius 2 is 1.96 bits per heavy atom. The van der Waals surface area contributed by atoms with Crippen LogP contribution in [-0.2, 0) is 21.4 Å². The first-order valence-electron chi connectivity index (χ1n) is 7.81. The average Bonchev–Trinajstić information content (AvgIpc) is 3.11. The van der Waals surface area contributed by atoms with Crippen molar-refractivity contribution in [3.63, 3.8) is 0 Å². The van der Waals surface area contributed by atoms with Crippen molar-refractivity contribution in [3.05, 3.63) is 57.2 Å². The lowest BCUT2D eigenvalue weighted by Gasteiger charge is -2.36. The summed E-state index contributed by atoms with van der Waals surface area (Å²) in [5.41, 5.74) is 0.992. The molecule has 0 spiro atoms. The van der Waals surface area contributed by atoms with Crippen molar-refractivity contribution in [2.24, 2.45) is 0 Å². The van der Waals surface area contributed by atoms with Gasteiger partial charge in [-0.15, -0.1) is 11.3 Å². The number of rotatable bonds is 5. The number of benzene rings is 1. The molecule has 1 aliphatic heterocycles. The van der Waals surface area contributed by atoms with Crippen LogP contribution >= 0.6 is 22.9 Å². The first-order chi connectivity index (χ1) is 11.2. The molecule has 1 aromatic heterocycles. The molecule has 122 valence electrons. The molecule has 1 fully saturated rings. The van der Waals surface area contributed by atoms with Crippen molar-refractivity contribution in [2.45, 2.75) is 24.7 Å². The second-order valence-electron chi connectivity index (χ2n) is 5.95. The number of ether oxygens (including phenoxy) is 1. The Bertz CT molecular complexity index is 634. The molecule has 1 aliphatic rings. The SMILES string of the molecule is O=C(Cc1ccc(Cl)cc1)NCC1(c2cccs2)CCOCC1. The average molecular weight is 350 g/mol. The molecule has 2 aromatic rings. The first kappa shape index (κ1) is 16.5. The van der Waals surface area contributed by atoms with E-state index >= 15 is 0 Å². The summed E-state index contributed by atoms with van der Waals surface area (Å²) in [5.74, 6) is 0.0507. The Morgan fingerprint density at radius 1 is 1.22 bits per heavy atom. The van der Waals surface area contributed by atoms with Crippen LogP contribution in [0.3, 0.4) is 0 Å². The molecule has 1 aromatic carbocycles. The van der Waals surface area contributed by atoms with E-state index in [-0.39, 0.29) is 11.3 Å². The van der Waals surface area contributed by atoms with E-state index in [1.54, 1.807) is 11.3 Å². The number of amides is 1. The molecule has 0 unspecified atom stereocenters. The predicted molar refractivity (Wildman–Crippen MR) is 94.2 cm³/mol. The van der Waals surface area contributed by atoms with Crippen LogP contribution in [0.15, 0.2) is 41.8 Å². The third-order valence-electron chi connectivity index (χ3n) is 4.40. The Labute approximate surface area is 145 Å². The highest BCUT2D eigenvalue weighted by molar-refractivity contribution is 7.10. The quantitative estimate of drug-likeness (QED) is 0.891. The predicted octanol–water partition coefficient (Wildman–Crippen LogP) is 3.81. The van der Waals surface area contributed by atoms with Crippen LogP contribution in [0.5, 0.6) is 0 Å². The Hall–Kier alpha value is -1.36. The number of hydrogen-bond donors (Lipinski definition) is 1. The summed E-state index contributed by atoms with van der Waals surface area (Å²) in [7, 11) is 0. The van der Waals surface area contributed by atoms with Gasteiger partial charge in [-0.2, -0.15) is 0 Å². The van der Waals surface area contributed by atoms with E-state index in [1.165, 1.54) is 4.88 Å². The highest BCUT2D eigenvalue weighted by Gasteiger charge is 2.35. The zero-order chi connectivity index (χ0) is 16.1. The van der Waals surface area contributed by atoms with E-state index in [2.05, 4.69) is 22.8 Å². The van der Waals surface area contributed by atoms with Crippen molar-refractivity contribution in [2.75, 3.05) is 19.8 Å². The standard InChI is InChI=1S/C18H20ClNO2S/c19-15-5-3-14(4-6-15)12-17(21)20-13-18(7-9-22-10-8-18)16-2-1-11-23-16/h1-6,11H,7-10,12-13H2,(H,20,21). The minimum Gasteiger partial charge on any atom is -0.381 e. The summed E-state index contributed by atoms with van der Waals surface area (Å²) in [6.07, 6.45) is 2.29. The molecule has 0 saturated carbocycles. The molecule has 0 aliphatic carbocycles. The molecule has 5 heteroatoms. The van der Waals surface area contributed by atoms with Gasteiger partial charge in [0.1, 0.15) is 0 Å². The van der Waals surface area contributed by atoms with Gasteiger partial charge in [-0.3, -0.25) is 4.79 Å². The number of carbonyl (C=O) groups is 1. The van der Waals surface area contributed by atoms with E-state index in [0.29, 0.717) is 18.0 Å². The van der Waals surface area contributed by atoms with E-state index in [0.717, 1.165) is 31.6 Å². The van der Waals surface area contributed by atoms with Crippen LogP contribution in [0.4, 0.5) is 0 Å². The fraction of sp³-hybridized carbons (Fsp3) is 0.389.